The maximum atomic E-state index is 11.8. The highest BCUT2D eigenvalue weighted by atomic mass is 79.9. The quantitative estimate of drug-likeness (QED) is 0.883. The molecule has 0 aliphatic rings. The minimum Gasteiger partial charge on any atom is -0.379 e. The van der Waals surface area contributed by atoms with Crippen LogP contribution >= 0.6 is 15.9 Å². The Balaban J connectivity index is 2.24. The number of amides is 1. The SMILES string of the molecule is Cc1ccc(Br)c(NC(=O)c2nonc2N)c1. The van der Waals surface area contributed by atoms with Crippen LogP contribution in [0.15, 0.2) is 27.3 Å². The number of carbonyl (C=O) groups is 1. The third-order valence-electron chi connectivity index (χ3n) is 2.10. The van der Waals surface area contributed by atoms with Gasteiger partial charge in [-0.1, -0.05) is 6.07 Å². The zero-order valence-electron chi connectivity index (χ0n) is 8.90. The summed E-state index contributed by atoms with van der Waals surface area (Å²) in [6.45, 7) is 1.92. The van der Waals surface area contributed by atoms with E-state index in [-0.39, 0.29) is 11.5 Å². The summed E-state index contributed by atoms with van der Waals surface area (Å²) in [5.74, 6) is -0.499. The summed E-state index contributed by atoms with van der Waals surface area (Å²) in [6.07, 6.45) is 0. The molecule has 0 radical (unpaired) electrons. The predicted molar refractivity (Wildman–Crippen MR) is 65.5 cm³/mol. The van der Waals surface area contributed by atoms with Crippen molar-refractivity contribution in [3.05, 3.63) is 33.9 Å². The third kappa shape index (κ3) is 2.44. The van der Waals surface area contributed by atoms with Gasteiger partial charge in [0.2, 0.25) is 11.5 Å². The Labute approximate surface area is 105 Å². The number of aryl methyl sites for hydroxylation is 1. The van der Waals surface area contributed by atoms with Crippen molar-refractivity contribution in [1.29, 1.82) is 0 Å². The van der Waals surface area contributed by atoms with Crippen LogP contribution in [0.3, 0.4) is 0 Å². The smallest absolute Gasteiger partial charge is 0.281 e. The highest BCUT2D eigenvalue weighted by molar-refractivity contribution is 9.10. The van der Waals surface area contributed by atoms with E-state index in [1.807, 2.05) is 25.1 Å². The summed E-state index contributed by atoms with van der Waals surface area (Å²) >= 11 is 3.34. The molecule has 1 aromatic heterocycles. The molecule has 17 heavy (non-hydrogen) atoms. The van der Waals surface area contributed by atoms with Crippen LogP contribution in [0.1, 0.15) is 16.1 Å². The number of nitrogen functional groups attached to an aromatic ring is 1. The molecular weight excluding hydrogens is 288 g/mol. The summed E-state index contributed by atoms with van der Waals surface area (Å²) in [5, 5.41) is 9.43. The number of nitrogens with zero attached hydrogens (tertiary/aromatic N) is 2. The number of halogens is 1. The van der Waals surface area contributed by atoms with Gasteiger partial charge in [0.25, 0.3) is 5.91 Å². The topological polar surface area (TPSA) is 94.0 Å². The Hall–Kier alpha value is -1.89. The Morgan fingerprint density at radius 2 is 2.24 bits per heavy atom. The van der Waals surface area contributed by atoms with Gasteiger partial charge in [-0.3, -0.25) is 4.79 Å². The first-order chi connectivity index (χ1) is 8.08. The standard InChI is InChI=1S/C10H9BrN4O2/c1-5-2-3-6(11)7(4-5)13-10(16)8-9(12)15-17-14-8/h2-4H,1H3,(H2,12,15)(H,13,16). The summed E-state index contributed by atoms with van der Waals surface area (Å²) < 4.78 is 5.13. The van der Waals surface area contributed by atoms with Gasteiger partial charge in [-0.05, 0) is 50.9 Å². The second-order valence-corrected chi connectivity index (χ2v) is 4.29. The number of nitrogens with two attached hydrogens (primary N) is 1. The van der Waals surface area contributed by atoms with Gasteiger partial charge in [0.05, 0.1) is 5.69 Å². The van der Waals surface area contributed by atoms with Crippen LogP contribution in [0.2, 0.25) is 0 Å². The van der Waals surface area contributed by atoms with Gasteiger partial charge in [-0.2, -0.15) is 0 Å². The fourth-order valence-corrected chi connectivity index (χ4v) is 1.62. The van der Waals surface area contributed by atoms with Crippen molar-refractivity contribution in [2.45, 2.75) is 6.92 Å². The molecule has 0 unspecified atom stereocenters. The van der Waals surface area contributed by atoms with Gasteiger partial charge in [0.15, 0.2) is 0 Å². The van der Waals surface area contributed by atoms with Gasteiger partial charge < -0.3 is 11.1 Å². The highest BCUT2D eigenvalue weighted by Gasteiger charge is 2.16. The van der Waals surface area contributed by atoms with Gasteiger partial charge >= 0.3 is 0 Å². The van der Waals surface area contributed by atoms with Gasteiger partial charge in [-0.25, -0.2) is 4.63 Å². The second-order valence-electron chi connectivity index (χ2n) is 3.44. The number of hydrogen-bond donors (Lipinski definition) is 2. The molecule has 1 heterocycles. The molecular formula is C10H9BrN4O2. The normalized spacial score (nSPS) is 10.2. The van der Waals surface area contributed by atoms with E-state index in [2.05, 4.69) is 36.2 Å². The third-order valence-corrected chi connectivity index (χ3v) is 2.79. The number of carbonyl (C=O) groups excluding carboxylic acids is 1. The molecule has 7 heteroatoms. The van der Waals surface area contributed by atoms with Gasteiger partial charge in [0.1, 0.15) is 0 Å². The second kappa shape index (κ2) is 4.54. The minimum atomic E-state index is -0.463. The van der Waals surface area contributed by atoms with Crippen LogP contribution in [-0.4, -0.2) is 16.2 Å². The minimum absolute atomic E-state index is 0.0293. The van der Waals surface area contributed by atoms with Crippen LogP contribution < -0.4 is 11.1 Å². The van der Waals surface area contributed by atoms with E-state index in [1.165, 1.54) is 0 Å². The number of anilines is 2. The van der Waals surface area contributed by atoms with Crippen molar-refractivity contribution >= 4 is 33.3 Å². The van der Waals surface area contributed by atoms with Crippen molar-refractivity contribution in [1.82, 2.24) is 10.3 Å². The van der Waals surface area contributed by atoms with Crippen molar-refractivity contribution in [2.75, 3.05) is 11.1 Å². The molecule has 2 rings (SSSR count). The van der Waals surface area contributed by atoms with Crippen LogP contribution in [0.5, 0.6) is 0 Å². The lowest BCUT2D eigenvalue weighted by Gasteiger charge is -2.06. The average molecular weight is 297 g/mol. The van der Waals surface area contributed by atoms with Gasteiger partial charge in [-0.15, -0.1) is 0 Å². The van der Waals surface area contributed by atoms with Crippen LogP contribution in [-0.2, 0) is 0 Å². The molecule has 88 valence electrons. The summed E-state index contributed by atoms with van der Waals surface area (Å²) in [7, 11) is 0. The zero-order valence-corrected chi connectivity index (χ0v) is 10.5. The van der Waals surface area contributed by atoms with E-state index in [0.717, 1.165) is 10.0 Å². The Morgan fingerprint density at radius 3 is 2.88 bits per heavy atom. The molecule has 0 aliphatic heterocycles. The summed E-state index contributed by atoms with van der Waals surface area (Å²) in [5.41, 5.74) is 7.05. The van der Waals surface area contributed by atoms with Crippen LogP contribution in [0, 0.1) is 6.92 Å². The molecule has 0 saturated carbocycles. The fourth-order valence-electron chi connectivity index (χ4n) is 1.27. The lowest BCUT2D eigenvalue weighted by Crippen LogP contribution is -2.14. The first kappa shape index (κ1) is 11.6. The predicted octanol–water partition coefficient (Wildman–Crippen LogP) is 1.98. The van der Waals surface area contributed by atoms with Crippen molar-refractivity contribution in [3.63, 3.8) is 0 Å². The number of aromatic nitrogens is 2. The van der Waals surface area contributed by atoms with Crippen molar-refractivity contribution in [3.8, 4) is 0 Å². The summed E-state index contributed by atoms with van der Waals surface area (Å²) in [4.78, 5) is 11.8. The molecule has 0 fully saturated rings. The molecule has 0 aliphatic carbocycles. The number of nitrogens with one attached hydrogen (secondary N) is 1. The molecule has 1 amide bonds. The number of rotatable bonds is 2. The number of hydrogen-bond acceptors (Lipinski definition) is 5. The lowest BCUT2D eigenvalue weighted by molar-refractivity contribution is 0.101. The fraction of sp³-hybridized carbons (Fsp3) is 0.100. The molecule has 6 nitrogen and oxygen atoms in total. The van der Waals surface area contributed by atoms with Crippen LogP contribution in [0.25, 0.3) is 0 Å². The molecule has 0 atom stereocenters. The Bertz CT molecular complexity index is 567. The van der Waals surface area contributed by atoms with Crippen LogP contribution in [0.4, 0.5) is 11.5 Å². The first-order valence-electron chi connectivity index (χ1n) is 4.73. The Kier molecular flexibility index (Phi) is 3.10. The largest absolute Gasteiger partial charge is 0.379 e. The lowest BCUT2D eigenvalue weighted by atomic mass is 10.2. The number of benzene rings is 1. The van der Waals surface area contributed by atoms with Crippen molar-refractivity contribution < 1.29 is 9.42 Å². The molecule has 1 aromatic carbocycles. The molecule has 0 spiro atoms. The maximum absolute atomic E-state index is 11.8. The van der Waals surface area contributed by atoms with E-state index >= 15 is 0 Å². The first-order valence-corrected chi connectivity index (χ1v) is 5.53. The Morgan fingerprint density at radius 1 is 1.47 bits per heavy atom. The highest BCUT2D eigenvalue weighted by Crippen LogP contribution is 2.24. The van der Waals surface area contributed by atoms with E-state index in [4.69, 9.17) is 5.73 Å². The van der Waals surface area contributed by atoms with Crippen molar-refractivity contribution in [2.24, 2.45) is 0 Å². The summed E-state index contributed by atoms with van der Waals surface area (Å²) in [6, 6.07) is 5.59. The molecule has 2 aromatic rings. The monoisotopic (exact) mass is 296 g/mol. The van der Waals surface area contributed by atoms with E-state index in [1.54, 1.807) is 0 Å². The average Bonchev–Trinajstić information content (AvgIpc) is 2.70. The zero-order chi connectivity index (χ0) is 12.4. The molecule has 0 saturated heterocycles. The van der Waals surface area contributed by atoms with E-state index in [9.17, 15) is 4.79 Å². The maximum Gasteiger partial charge on any atom is 0.281 e. The molecule has 0 bridgehead atoms. The molecule has 3 N–H and O–H groups in total. The van der Waals surface area contributed by atoms with Gasteiger partial charge in [0, 0.05) is 4.47 Å². The van der Waals surface area contributed by atoms with E-state index < -0.39 is 5.91 Å². The van der Waals surface area contributed by atoms with E-state index in [0.29, 0.717) is 5.69 Å².